The number of ether oxygens (including phenoxy) is 2. The van der Waals surface area contributed by atoms with Crippen molar-refractivity contribution in [2.45, 2.75) is 37.8 Å². The number of benzene rings is 1. The van der Waals surface area contributed by atoms with E-state index in [2.05, 4.69) is 0 Å². The van der Waals surface area contributed by atoms with Gasteiger partial charge in [0.1, 0.15) is 6.61 Å². The highest BCUT2D eigenvalue weighted by Crippen LogP contribution is 2.23. The van der Waals surface area contributed by atoms with Crippen molar-refractivity contribution in [1.82, 2.24) is 9.21 Å². The fourth-order valence-corrected chi connectivity index (χ4v) is 4.87. The van der Waals surface area contributed by atoms with Crippen molar-refractivity contribution in [2.24, 2.45) is 5.92 Å². The monoisotopic (exact) mass is 410 g/mol. The lowest BCUT2D eigenvalue weighted by molar-refractivity contribution is -0.149. The number of hydrogen-bond acceptors (Lipinski definition) is 6. The first kappa shape index (κ1) is 20.8. The van der Waals surface area contributed by atoms with Crippen LogP contribution in [0.25, 0.3) is 0 Å². The zero-order valence-corrected chi connectivity index (χ0v) is 17.0. The first-order valence-electron chi connectivity index (χ1n) is 9.42. The number of rotatable bonds is 6. The van der Waals surface area contributed by atoms with Crippen LogP contribution in [0, 0.1) is 5.92 Å². The van der Waals surface area contributed by atoms with Crippen LogP contribution in [0.3, 0.4) is 0 Å². The number of nitrogens with zero attached hydrogens (tertiary/aromatic N) is 2. The molecule has 8 nitrogen and oxygen atoms in total. The van der Waals surface area contributed by atoms with Crippen molar-refractivity contribution in [3.63, 3.8) is 0 Å². The first-order valence-corrected chi connectivity index (χ1v) is 10.9. The predicted octanol–water partition coefficient (Wildman–Crippen LogP) is 1.01. The molecule has 2 fully saturated rings. The number of carbonyl (C=O) groups is 2. The van der Waals surface area contributed by atoms with Gasteiger partial charge in [0.25, 0.3) is 0 Å². The van der Waals surface area contributed by atoms with Gasteiger partial charge in [0.05, 0.1) is 24.0 Å². The molecule has 0 bridgehead atoms. The van der Waals surface area contributed by atoms with Gasteiger partial charge < -0.3 is 14.4 Å². The number of carbonyl (C=O) groups excluding carboxylic acids is 2. The van der Waals surface area contributed by atoms with Crippen LogP contribution in [0.1, 0.15) is 25.8 Å². The molecule has 2 aliphatic heterocycles. The Labute approximate surface area is 165 Å². The minimum absolute atomic E-state index is 0.0301. The van der Waals surface area contributed by atoms with Crippen molar-refractivity contribution in [1.29, 1.82) is 0 Å². The molecule has 2 heterocycles. The van der Waals surface area contributed by atoms with Gasteiger partial charge in [-0.15, -0.1) is 0 Å². The molecule has 0 aliphatic carbocycles. The van der Waals surface area contributed by atoms with E-state index in [4.69, 9.17) is 9.47 Å². The van der Waals surface area contributed by atoms with Crippen LogP contribution in [0.2, 0.25) is 0 Å². The highest BCUT2D eigenvalue weighted by Gasteiger charge is 2.36. The van der Waals surface area contributed by atoms with Crippen molar-refractivity contribution < 1.29 is 27.5 Å². The zero-order chi connectivity index (χ0) is 20.3. The lowest BCUT2D eigenvalue weighted by Crippen LogP contribution is -2.40. The largest absolute Gasteiger partial charge is 0.461 e. The molecule has 154 valence electrons. The van der Waals surface area contributed by atoms with E-state index >= 15 is 0 Å². The molecule has 28 heavy (non-hydrogen) atoms. The Morgan fingerprint density at radius 1 is 1.29 bits per heavy atom. The van der Waals surface area contributed by atoms with Gasteiger partial charge in [-0.1, -0.05) is 12.1 Å². The molecule has 0 radical (unpaired) electrons. The van der Waals surface area contributed by atoms with E-state index in [9.17, 15) is 18.0 Å². The van der Waals surface area contributed by atoms with Crippen LogP contribution >= 0.6 is 0 Å². The summed E-state index contributed by atoms with van der Waals surface area (Å²) in [6, 6.07) is 6.46. The number of morpholine rings is 1. The molecule has 1 atom stereocenters. The SMILES string of the molecule is CC(C)N1CC(C(=O)OCc2cccc(S(=O)(=O)N3CCOCC3)c2)CC1=O. The summed E-state index contributed by atoms with van der Waals surface area (Å²) in [7, 11) is -3.60. The van der Waals surface area contributed by atoms with Crippen molar-refractivity contribution in [3.8, 4) is 0 Å². The molecule has 0 aromatic heterocycles. The summed E-state index contributed by atoms with van der Waals surface area (Å²) >= 11 is 0. The maximum absolute atomic E-state index is 12.7. The number of likely N-dealkylation sites (tertiary alicyclic amines) is 1. The minimum atomic E-state index is -3.60. The second-order valence-corrected chi connectivity index (χ2v) is 9.25. The standard InChI is InChI=1S/C19H26N2O6S/c1-14(2)21-12-16(11-18(21)22)19(23)27-13-15-4-3-5-17(10-15)28(24,25)20-6-8-26-9-7-20/h3-5,10,14,16H,6-9,11-13H2,1-2H3. The smallest absolute Gasteiger partial charge is 0.311 e. The van der Waals surface area contributed by atoms with Gasteiger partial charge in [-0.3, -0.25) is 9.59 Å². The van der Waals surface area contributed by atoms with Crippen LogP contribution in [-0.2, 0) is 35.7 Å². The molecule has 9 heteroatoms. The third-order valence-electron chi connectivity index (χ3n) is 5.00. The molecule has 1 unspecified atom stereocenters. The molecule has 2 aliphatic rings. The lowest BCUT2D eigenvalue weighted by Gasteiger charge is -2.26. The Morgan fingerprint density at radius 3 is 2.64 bits per heavy atom. The van der Waals surface area contributed by atoms with E-state index in [1.807, 2.05) is 13.8 Å². The van der Waals surface area contributed by atoms with E-state index in [0.29, 0.717) is 38.4 Å². The Hall–Kier alpha value is -1.97. The summed E-state index contributed by atoms with van der Waals surface area (Å²) < 4.78 is 37.4. The van der Waals surface area contributed by atoms with Gasteiger partial charge in [0.2, 0.25) is 15.9 Å². The summed E-state index contributed by atoms with van der Waals surface area (Å²) in [5.41, 5.74) is 0.590. The van der Waals surface area contributed by atoms with Crippen LogP contribution in [0.5, 0.6) is 0 Å². The van der Waals surface area contributed by atoms with E-state index in [1.165, 1.54) is 16.4 Å². The van der Waals surface area contributed by atoms with Gasteiger partial charge >= 0.3 is 5.97 Å². The van der Waals surface area contributed by atoms with Crippen molar-refractivity contribution >= 4 is 21.9 Å². The Morgan fingerprint density at radius 2 is 2.00 bits per heavy atom. The summed E-state index contributed by atoms with van der Waals surface area (Å²) in [5, 5.41) is 0. The normalized spacial score (nSPS) is 21.3. The quantitative estimate of drug-likeness (QED) is 0.650. The molecular formula is C19H26N2O6S. The molecule has 0 spiro atoms. The Bertz CT molecular complexity index is 833. The van der Waals surface area contributed by atoms with Gasteiger partial charge in [0, 0.05) is 32.1 Å². The summed E-state index contributed by atoms with van der Waals surface area (Å²) in [6.45, 7) is 5.55. The van der Waals surface area contributed by atoms with Crippen LogP contribution in [0.15, 0.2) is 29.2 Å². The van der Waals surface area contributed by atoms with E-state index < -0.39 is 21.9 Å². The minimum Gasteiger partial charge on any atom is -0.461 e. The van der Waals surface area contributed by atoms with Crippen LogP contribution < -0.4 is 0 Å². The van der Waals surface area contributed by atoms with Gasteiger partial charge in [-0.2, -0.15) is 4.31 Å². The number of esters is 1. The second kappa shape index (κ2) is 8.59. The average Bonchev–Trinajstić information content (AvgIpc) is 3.09. The van der Waals surface area contributed by atoms with Crippen LogP contribution in [-0.4, -0.2) is 68.4 Å². The van der Waals surface area contributed by atoms with E-state index in [-0.39, 0.29) is 29.9 Å². The second-order valence-electron chi connectivity index (χ2n) is 7.31. The fraction of sp³-hybridized carbons (Fsp3) is 0.579. The van der Waals surface area contributed by atoms with Gasteiger partial charge in [-0.25, -0.2) is 8.42 Å². The molecule has 0 N–H and O–H groups in total. The van der Waals surface area contributed by atoms with Gasteiger partial charge in [0.15, 0.2) is 0 Å². The summed E-state index contributed by atoms with van der Waals surface area (Å²) in [5.74, 6) is -0.955. The van der Waals surface area contributed by atoms with Crippen molar-refractivity contribution in [2.75, 3.05) is 32.8 Å². The Balaban J connectivity index is 1.62. The number of sulfonamides is 1. The predicted molar refractivity (Wildman–Crippen MR) is 101 cm³/mol. The molecule has 1 aromatic rings. The zero-order valence-electron chi connectivity index (χ0n) is 16.2. The van der Waals surface area contributed by atoms with E-state index in [0.717, 1.165) is 0 Å². The molecule has 0 saturated carbocycles. The third kappa shape index (κ3) is 4.53. The molecule has 3 rings (SSSR count). The highest BCUT2D eigenvalue weighted by molar-refractivity contribution is 7.89. The molecule has 1 amide bonds. The fourth-order valence-electron chi connectivity index (χ4n) is 3.39. The summed E-state index contributed by atoms with van der Waals surface area (Å²) in [4.78, 5) is 26.1. The number of amides is 1. The number of hydrogen-bond donors (Lipinski definition) is 0. The van der Waals surface area contributed by atoms with Gasteiger partial charge in [-0.05, 0) is 31.5 Å². The third-order valence-corrected chi connectivity index (χ3v) is 6.90. The molecule has 1 aromatic carbocycles. The maximum atomic E-state index is 12.7. The lowest BCUT2D eigenvalue weighted by atomic mass is 10.1. The highest BCUT2D eigenvalue weighted by atomic mass is 32.2. The van der Waals surface area contributed by atoms with Crippen molar-refractivity contribution in [3.05, 3.63) is 29.8 Å². The average molecular weight is 410 g/mol. The maximum Gasteiger partial charge on any atom is 0.311 e. The summed E-state index contributed by atoms with van der Waals surface area (Å²) in [6.07, 6.45) is 0.155. The van der Waals surface area contributed by atoms with E-state index in [1.54, 1.807) is 17.0 Å². The van der Waals surface area contributed by atoms with Crippen LogP contribution in [0.4, 0.5) is 0 Å². The molecular weight excluding hydrogens is 384 g/mol. The first-order chi connectivity index (χ1) is 13.3. The Kier molecular flexibility index (Phi) is 6.36. The molecule has 2 saturated heterocycles. The topological polar surface area (TPSA) is 93.2 Å².